The number of carbonyl (C=O) groups is 1. The van der Waals surface area contributed by atoms with E-state index in [1.807, 2.05) is 0 Å². The molecule has 12 heavy (non-hydrogen) atoms. The molecule has 0 atom stereocenters. The summed E-state index contributed by atoms with van der Waals surface area (Å²) in [6.45, 7) is 0. The van der Waals surface area contributed by atoms with E-state index >= 15 is 0 Å². The minimum Gasteiger partial charge on any atom is -1.00 e. The fourth-order valence-corrected chi connectivity index (χ4v) is 0.934. The number of halogens is 2. The molecule has 0 saturated heterocycles. The third kappa shape index (κ3) is 2.39. The fraction of sp³-hybridized carbons (Fsp3) is 0. The van der Waals surface area contributed by atoms with Gasteiger partial charge < -0.3 is 6.53 Å². The SMILES string of the molecule is O=C(O)c1ccnc(Cl)c1Cl.[H-].[Li+]. The predicted molar refractivity (Wildman–Crippen MR) is 42.3 cm³/mol. The maximum atomic E-state index is 10.4. The van der Waals surface area contributed by atoms with Crippen LogP contribution in [0.1, 0.15) is 11.8 Å². The minimum absolute atomic E-state index is 0. The first-order chi connectivity index (χ1) is 5.13. The molecule has 0 saturated carbocycles. The Balaban J connectivity index is 0. The molecule has 3 nitrogen and oxygen atoms in total. The summed E-state index contributed by atoms with van der Waals surface area (Å²) in [4.78, 5) is 14.0. The maximum absolute atomic E-state index is 10.4. The molecule has 0 bridgehead atoms. The van der Waals surface area contributed by atoms with Gasteiger partial charge in [0.15, 0.2) is 0 Å². The Morgan fingerprint density at radius 3 is 2.58 bits per heavy atom. The van der Waals surface area contributed by atoms with Gasteiger partial charge in [-0.05, 0) is 6.07 Å². The summed E-state index contributed by atoms with van der Waals surface area (Å²) in [5, 5.41) is 8.50. The van der Waals surface area contributed by atoms with Gasteiger partial charge in [0.1, 0.15) is 5.15 Å². The van der Waals surface area contributed by atoms with Crippen LogP contribution in [0.2, 0.25) is 10.2 Å². The van der Waals surface area contributed by atoms with E-state index in [0.29, 0.717) is 0 Å². The average molecular weight is 200 g/mol. The molecular weight excluding hydrogens is 196 g/mol. The Bertz CT molecular complexity index is 311. The number of carboxylic acids is 1. The summed E-state index contributed by atoms with van der Waals surface area (Å²) >= 11 is 11.0. The van der Waals surface area contributed by atoms with Gasteiger partial charge in [-0.15, -0.1) is 0 Å². The number of nitrogens with zero attached hydrogens (tertiary/aromatic N) is 1. The van der Waals surface area contributed by atoms with E-state index in [2.05, 4.69) is 4.98 Å². The summed E-state index contributed by atoms with van der Waals surface area (Å²) in [6, 6.07) is 1.29. The Hall–Kier alpha value is -0.203. The number of hydrogen-bond donors (Lipinski definition) is 1. The first kappa shape index (κ1) is 11.8. The number of aromatic nitrogens is 1. The Kier molecular flexibility index (Phi) is 4.65. The topological polar surface area (TPSA) is 50.2 Å². The largest absolute Gasteiger partial charge is 1.00 e. The van der Waals surface area contributed by atoms with Gasteiger partial charge in [-0.3, -0.25) is 0 Å². The van der Waals surface area contributed by atoms with E-state index in [9.17, 15) is 4.79 Å². The molecule has 1 N–H and O–H groups in total. The van der Waals surface area contributed by atoms with Crippen molar-refractivity contribution in [1.29, 1.82) is 0 Å². The number of aromatic carboxylic acids is 1. The third-order valence-electron chi connectivity index (χ3n) is 1.08. The van der Waals surface area contributed by atoms with E-state index in [1.165, 1.54) is 12.3 Å². The van der Waals surface area contributed by atoms with Crippen molar-refractivity contribution in [3.05, 3.63) is 28.0 Å². The Morgan fingerprint density at radius 1 is 1.58 bits per heavy atom. The van der Waals surface area contributed by atoms with Crippen molar-refractivity contribution in [3.8, 4) is 0 Å². The first-order valence-electron chi connectivity index (χ1n) is 2.66. The van der Waals surface area contributed by atoms with Crippen molar-refractivity contribution >= 4 is 29.2 Å². The van der Waals surface area contributed by atoms with Crippen LogP contribution in [0.5, 0.6) is 0 Å². The Labute approximate surface area is 92.4 Å². The average Bonchev–Trinajstić information content (AvgIpc) is 1.94. The standard InChI is InChI=1S/C6H3Cl2NO2.Li.H/c7-4-3(6(10)11)1-2-9-5(4)8;;/h1-2H,(H,10,11);;/q;+1;-1. The van der Waals surface area contributed by atoms with Crippen LogP contribution in [0.4, 0.5) is 0 Å². The van der Waals surface area contributed by atoms with Gasteiger partial charge >= 0.3 is 24.8 Å². The second-order valence-corrected chi connectivity index (χ2v) is 2.50. The quantitative estimate of drug-likeness (QED) is 0.477. The van der Waals surface area contributed by atoms with Crippen LogP contribution in [-0.2, 0) is 0 Å². The number of hydrogen-bond acceptors (Lipinski definition) is 2. The van der Waals surface area contributed by atoms with Crippen LogP contribution in [0.3, 0.4) is 0 Å². The molecule has 0 aliphatic carbocycles. The molecule has 0 spiro atoms. The van der Waals surface area contributed by atoms with E-state index in [-0.39, 0.29) is 36.0 Å². The molecule has 0 aromatic carbocycles. The fourth-order valence-electron chi connectivity index (χ4n) is 0.583. The smallest absolute Gasteiger partial charge is 1.00 e. The molecule has 0 fully saturated rings. The zero-order valence-electron chi connectivity index (χ0n) is 7.21. The van der Waals surface area contributed by atoms with Crippen molar-refractivity contribution in [3.63, 3.8) is 0 Å². The molecular formula is C6H4Cl2LiNO2. The van der Waals surface area contributed by atoms with Crippen LogP contribution in [-0.4, -0.2) is 16.1 Å². The van der Waals surface area contributed by atoms with Crippen LogP contribution >= 0.6 is 23.2 Å². The van der Waals surface area contributed by atoms with Gasteiger partial charge in [0.2, 0.25) is 0 Å². The summed E-state index contributed by atoms with van der Waals surface area (Å²) < 4.78 is 0. The second-order valence-electron chi connectivity index (χ2n) is 1.77. The third-order valence-corrected chi connectivity index (χ3v) is 1.84. The minimum atomic E-state index is -1.11. The number of carboxylic acid groups (broad SMARTS) is 1. The number of pyridine rings is 1. The van der Waals surface area contributed by atoms with Crippen molar-refractivity contribution in [2.45, 2.75) is 0 Å². The molecule has 6 heteroatoms. The molecule has 0 radical (unpaired) electrons. The monoisotopic (exact) mass is 199 g/mol. The van der Waals surface area contributed by atoms with Crippen molar-refractivity contribution < 1.29 is 30.2 Å². The summed E-state index contributed by atoms with van der Waals surface area (Å²) in [5.74, 6) is -1.11. The van der Waals surface area contributed by atoms with Crippen LogP contribution in [0.25, 0.3) is 0 Å². The van der Waals surface area contributed by atoms with Gasteiger partial charge in [0.05, 0.1) is 10.6 Å². The normalized spacial score (nSPS) is 8.83. The van der Waals surface area contributed by atoms with E-state index < -0.39 is 5.97 Å². The predicted octanol–water partition coefficient (Wildman–Crippen LogP) is -0.797. The zero-order valence-corrected chi connectivity index (χ0v) is 7.73. The van der Waals surface area contributed by atoms with E-state index in [4.69, 9.17) is 28.3 Å². The molecule has 1 aromatic heterocycles. The number of rotatable bonds is 1. The van der Waals surface area contributed by atoms with Gasteiger partial charge in [0, 0.05) is 6.20 Å². The molecule has 60 valence electrons. The van der Waals surface area contributed by atoms with Gasteiger partial charge in [-0.25, -0.2) is 9.78 Å². The summed E-state index contributed by atoms with van der Waals surface area (Å²) in [6.07, 6.45) is 1.29. The second kappa shape index (κ2) is 4.73. The van der Waals surface area contributed by atoms with Gasteiger partial charge in [0.25, 0.3) is 0 Å². The van der Waals surface area contributed by atoms with E-state index in [1.54, 1.807) is 0 Å². The maximum Gasteiger partial charge on any atom is 1.00 e. The van der Waals surface area contributed by atoms with Crippen molar-refractivity contribution in [1.82, 2.24) is 4.98 Å². The zero-order chi connectivity index (χ0) is 8.43. The molecule has 1 heterocycles. The van der Waals surface area contributed by atoms with Crippen LogP contribution < -0.4 is 18.9 Å². The molecule has 1 rings (SSSR count). The Morgan fingerprint density at radius 2 is 2.17 bits per heavy atom. The van der Waals surface area contributed by atoms with Crippen molar-refractivity contribution in [2.75, 3.05) is 0 Å². The van der Waals surface area contributed by atoms with Gasteiger partial charge in [-0.1, -0.05) is 23.2 Å². The summed E-state index contributed by atoms with van der Waals surface area (Å²) in [5.41, 5.74) is -0.0355. The van der Waals surface area contributed by atoms with Gasteiger partial charge in [-0.2, -0.15) is 0 Å². The molecule has 0 aliphatic heterocycles. The molecule has 0 aliphatic rings. The van der Waals surface area contributed by atoms with Crippen LogP contribution in [0, 0.1) is 0 Å². The van der Waals surface area contributed by atoms with E-state index in [0.717, 1.165) is 0 Å². The van der Waals surface area contributed by atoms with Crippen molar-refractivity contribution in [2.24, 2.45) is 0 Å². The van der Waals surface area contributed by atoms with Crippen LogP contribution in [0.15, 0.2) is 12.3 Å². The molecule has 0 unspecified atom stereocenters. The molecule has 0 amide bonds. The first-order valence-corrected chi connectivity index (χ1v) is 3.42. The summed E-state index contributed by atoms with van der Waals surface area (Å²) in [7, 11) is 0. The molecule has 1 aromatic rings.